The maximum absolute atomic E-state index is 12.0. The number of nitrogens with one attached hydrogen (secondary N) is 1. The smallest absolute Gasteiger partial charge is 0.264 e. The first-order valence-corrected chi connectivity index (χ1v) is 7.33. The van der Waals surface area contributed by atoms with Crippen molar-refractivity contribution in [3.63, 3.8) is 0 Å². The third-order valence-electron chi connectivity index (χ3n) is 3.39. The second kappa shape index (κ2) is 7.21. The molecule has 1 aromatic rings. The van der Waals surface area contributed by atoms with Crippen LogP contribution in [0.25, 0.3) is 0 Å². The van der Waals surface area contributed by atoms with Crippen molar-refractivity contribution in [2.24, 2.45) is 5.16 Å². The van der Waals surface area contributed by atoms with E-state index in [1.807, 2.05) is 13.8 Å². The van der Waals surface area contributed by atoms with Crippen molar-refractivity contribution < 1.29 is 23.8 Å². The third kappa shape index (κ3) is 3.67. The van der Waals surface area contributed by atoms with Crippen molar-refractivity contribution in [1.29, 1.82) is 0 Å². The molecule has 126 valence electrons. The molecule has 0 aromatic heterocycles. The lowest BCUT2D eigenvalue weighted by Gasteiger charge is -2.14. The van der Waals surface area contributed by atoms with Crippen molar-refractivity contribution >= 4 is 11.6 Å². The van der Waals surface area contributed by atoms with Crippen LogP contribution in [0, 0.1) is 0 Å². The number of methoxy groups -OCH3 is 3. The van der Waals surface area contributed by atoms with Crippen molar-refractivity contribution in [2.75, 3.05) is 21.3 Å². The lowest BCUT2D eigenvalue weighted by molar-refractivity contribution is -0.131. The number of rotatable bonds is 6. The number of carbonyl (C=O) groups excluding carboxylic acids is 1. The summed E-state index contributed by atoms with van der Waals surface area (Å²) in [7, 11) is 4.64. The molecule has 1 aliphatic rings. The molecule has 0 aliphatic carbocycles. The Bertz CT molecular complexity index is 587. The minimum Gasteiger partial charge on any atom is -0.493 e. The molecule has 23 heavy (non-hydrogen) atoms. The van der Waals surface area contributed by atoms with Gasteiger partial charge in [0, 0.05) is 18.0 Å². The molecule has 0 unspecified atom stereocenters. The Morgan fingerprint density at radius 3 is 2.30 bits per heavy atom. The average molecular weight is 322 g/mol. The first-order valence-electron chi connectivity index (χ1n) is 7.33. The average Bonchev–Trinajstić information content (AvgIpc) is 3.02. The highest BCUT2D eigenvalue weighted by Crippen LogP contribution is 2.39. The topological polar surface area (TPSA) is 78.4 Å². The Labute approximate surface area is 135 Å². The molecule has 1 amide bonds. The monoisotopic (exact) mass is 322 g/mol. The maximum Gasteiger partial charge on any atom is 0.264 e. The molecule has 1 N–H and O–H groups in total. The molecule has 2 rings (SSSR count). The van der Waals surface area contributed by atoms with Crippen LogP contribution in [-0.2, 0) is 9.63 Å². The van der Waals surface area contributed by atoms with Crippen LogP contribution in [-0.4, -0.2) is 45.1 Å². The van der Waals surface area contributed by atoms with Crippen LogP contribution in [0.2, 0.25) is 0 Å². The van der Waals surface area contributed by atoms with Gasteiger partial charge >= 0.3 is 0 Å². The van der Waals surface area contributed by atoms with Gasteiger partial charge < -0.3 is 24.4 Å². The first-order chi connectivity index (χ1) is 11.0. The Morgan fingerprint density at radius 1 is 1.22 bits per heavy atom. The number of hydrogen-bond donors (Lipinski definition) is 1. The molecular formula is C16H22N2O5. The van der Waals surface area contributed by atoms with E-state index in [2.05, 4.69) is 10.5 Å². The number of ether oxygens (including phenoxy) is 3. The highest BCUT2D eigenvalue weighted by molar-refractivity contribution is 6.04. The van der Waals surface area contributed by atoms with Gasteiger partial charge in [0.1, 0.15) is 0 Å². The van der Waals surface area contributed by atoms with Gasteiger partial charge in [-0.3, -0.25) is 4.79 Å². The number of benzene rings is 1. The molecule has 0 saturated heterocycles. The minimum absolute atomic E-state index is 0.0522. The molecular weight excluding hydrogens is 300 g/mol. The SMILES string of the molecule is COc1cc(C2=NO[C@H](C(=O)NC(C)C)C2)cc(OC)c1OC. The van der Waals surface area contributed by atoms with Gasteiger partial charge in [0.2, 0.25) is 11.9 Å². The molecule has 7 heteroatoms. The van der Waals surface area contributed by atoms with Gasteiger partial charge in [-0.25, -0.2) is 0 Å². The number of nitrogens with zero attached hydrogens (tertiary/aromatic N) is 1. The molecule has 0 saturated carbocycles. The van der Waals surface area contributed by atoms with Crippen LogP contribution >= 0.6 is 0 Å². The van der Waals surface area contributed by atoms with E-state index in [1.54, 1.807) is 33.5 Å². The van der Waals surface area contributed by atoms with E-state index in [1.165, 1.54) is 0 Å². The van der Waals surface area contributed by atoms with Crippen molar-refractivity contribution in [2.45, 2.75) is 32.4 Å². The second-order valence-electron chi connectivity index (χ2n) is 5.41. The zero-order chi connectivity index (χ0) is 17.0. The molecule has 1 atom stereocenters. The number of carbonyl (C=O) groups is 1. The number of amides is 1. The molecule has 1 aromatic carbocycles. The summed E-state index contributed by atoms with van der Waals surface area (Å²) in [6.45, 7) is 3.79. The summed E-state index contributed by atoms with van der Waals surface area (Å²) in [4.78, 5) is 17.2. The minimum atomic E-state index is -0.619. The lowest BCUT2D eigenvalue weighted by Crippen LogP contribution is -2.38. The molecule has 0 spiro atoms. The summed E-state index contributed by atoms with van der Waals surface area (Å²) in [6.07, 6.45) is -0.233. The van der Waals surface area contributed by atoms with E-state index in [0.29, 0.717) is 29.4 Å². The maximum atomic E-state index is 12.0. The summed E-state index contributed by atoms with van der Waals surface area (Å²) < 4.78 is 15.9. The van der Waals surface area contributed by atoms with Crippen LogP contribution in [0.4, 0.5) is 0 Å². The lowest BCUT2D eigenvalue weighted by atomic mass is 10.0. The van der Waals surface area contributed by atoms with E-state index in [4.69, 9.17) is 19.0 Å². The van der Waals surface area contributed by atoms with Crippen LogP contribution in [0.15, 0.2) is 17.3 Å². The van der Waals surface area contributed by atoms with Gasteiger partial charge in [-0.1, -0.05) is 5.16 Å². The summed E-state index contributed by atoms with van der Waals surface area (Å²) in [6, 6.07) is 3.62. The van der Waals surface area contributed by atoms with E-state index in [0.717, 1.165) is 5.56 Å². The number of hydrogen-bond acceptors (Lipinski definition) is 6. The molecule has 1 aliphatic heterocycles. The van der Waals surface area contributed by atoms with Crippen LogP contribution < -0.4 is 19.5 Å². The van der Waals surface area contributed by atoms with E-state index in [9.17, 15) is 4.79 Å². The summed E-state index contributed by atoms with van der Waals surface area (Å²) in [5.41, 5.74) is 1.42. The third-order valence-corrected chi connectivity index (χ3v) is 3.39. The van der Waals surface area contributed by atoms with Gasteiger partial charge in [-0.15, -0.1) is 0 Å². The summed E-state index contributed by atoms with van der Waals surface area (Å²) in [5, 5.41) is 6.84. The van der Waals surface area contributed by atoms with E-state index < -0.39 is 6.10 Å². The highest BCUT2D eigenvalue weighted by Gasteiger charge is 2.30. The standard InChI is InChI=1S/C16H22N2O5/c1-9(2)17-16(19)14-8-11(18-23-14)10-6-12(20-3)15(22-5)13(7-10)21-4/h6-7,9,14H,8H2,1-5H3,(H,17,19)/t14-/m0/s1. The molecule has 0 fully saturated rings. The van der Waals surface area contributed by atoms with Gasteiger partial charge in [0.05, 0.1) is 27.0 Å². The molecule has 0 radical (unpaired) electrons. The molecule has 0 bridgehead atoms. The van der Waals surface area contributed by atoms with Crippen LogP contribution in [0.1, 0.15) is 25.8 Å². The van der Waals surface area contributed by atoms with Gasteiger partial charge in [0.15, 0.2) is 11.5 Å². The van der Waals surface area contributed by atoms with Crippen LogP contribution in [0.3, 0.4) is 0 Å². The largest absolute Gasteiger partial charge is 0.493 e. The normalized spacial score (nSPS) is 16.6. The first kappa shape index (κ1) is 16.9. The predicted octanol–water partition coefficient (Wildman–Crippen LogP) is 1.73. The Hall–Kier alpha value is -2.44. The van der Waals surface area contributed by atoms with Gasteiger partial charge in [-0.2, -0.15) is 0 Å². The van der Waals surface area contributed by atoms with E-state index in [-0.39, 0.29) is 11.9 Å². The highest BCUT2D eigenvalue weighted by atomic mass is 16.6. The quantitative estimate of drug-likeness (QED) is 0.863. The molecule has 7 nitrogen and oxygen atoms in total. The van der Waals surface area contributed by atoms with Gasteiger partial charge in [0.25, 0.3) is 5.91 Å². The fourth-order valence-electron chi connectivity index (χ4n) is 2.31. The molecule has 1 heterocycles. The van der Waals surface area contributed by atoms with Gasteiger partial charge in [-0.05, 0) is 26.0 Å². The Kier molecular flexibility index (Phi) is 5.31. The second-order valence-corrected chi connectivity index (χ2v) is 5.41. The summed E-state index contributed by atoms with van der Waals surface area (Å²) >= 11 is 0. The van der Waals surface area contributed by atoms with Crippen molar-refractivity contribution in [3.8, 4) is 17.2 Å². The Balaban J connectivity index is 2.22. The fourth-order valence-corrected chi connectivity index (χ4v) is 2.31. The fraction of sp³-hybridized carbons (Fsp3) is 0.500. The summed E-state index contributed by atoms with van der Waals surface area (Å²) in [5.74, 6) is 1.39. The Morgan fingerprint density at radius 2 is 1.83 bits per heavy atom. The zero-order valence-corrected chi connectivity index (χ0v) is 14.0. The predicted molar refractivity (Wildman–Crippen MR) is 85.4 cm³/mol. The zero-order valence-electron chi connectivity index (χ0n) is 14.0. The van der Waals surface area contributed by atoms with Crippen LogP contribution in [0.5, 0.6) is 17.2 Å². The number of oxime groups is 1. The van der Waals surface area contributed by atoms with E-state index >= 15 is 0 Å². The van der Waals surface area contributed by atoms with Crippen molar-refractivity contribution in [1.82, 2.24) is 5.32 Å². The van der Waals surface area contributed by atoms with Crippen molar-refractivity contribution in [3.05, 3.63) is 17.7 Å².